The maximum atomic E-state index is 10.4. The first-order chi connectivity index (χ1) is 6.15. The lowest BCUT2D eigenvalue weighted by molar-refractivity contribution is -0.138. The third-order valence-electron chi connectivity index (χ3n) is 2.05. The molecule has 3 N–H and O–H groups in total. The molecule has 2 unspecified atom stereocenters. The van der Waals surface area contributed by atoms with E-state index in [0.717, 1.165) is 0 Å². The van der Waals surface area contributed by atoms with Gasteiger partial charge in [0.1, 0.15) is 6.10 Å². The molecule has 0 spiro atoms. The molecule has 2 atom stereocenters. The average Bonchev–Trinajstić information content (AvgIpc) is 2.50. The van der Waals surface area contributed by atoms with Crippen molar-refractivity contribution in [3.8, 4) is 0 Å². The Morgan fingerprint density at radius 1 is 1.85 bits per heavy atom. The number of nitrogens with one attached hydrogen (secondary N) is 1. The number of carboxylic acids is 1. The van der Waals surface area contributed by atoms with Crippen molar-refractivity contribution in [2.75, 3.05) is 19.6 Å². The van der Waals surface area contributed by atoms with Crippen LogP contribution in [0.2, 0.25) is 0 Å². The van der Waals surface area contributed by atoms with Crippen LogP contribution in [0.15, 0.2) is 12.7 Å². The van der Waals surface area contributed by atoms with Crippen molar-refractivity contribution in [2.24, 2.45) is 0 Å². The van der Waals surface area contributed by atoms with E-state index in [1.165, 1.54) is 6.08 Å². The molecule has 0 aromatic carbocycles. The van der Waals surface area contributed by atoms with Crippen molar-refractivity contribution in [3.05, 3.63) is 12.7 Å². The first kappa shape index (κ1) is 10.2. The summed E-state index contributed by atoms with van der Waals surface area (Å²) in [6.45, 7) is 4.74. The zero-order valence-corrected chi connectivity index (χ0v) is 7.31. The first-order valence-corrected chi connectivity index (χ1v) is 4.15. The summed E-state index contributed by atoms with van der Waals surface area (Å²) >= 11 is 0. The molecule has 0 radical (unpaired) electrons. The summed E-state index contributed by atoms with van der Waals surface area (Å²) in [6, 6.07) is 0. The Labute approximate surface area is 76.7 Å². The van der Waals surface area contributed by atoms with Crippen LogP contribution in [0.25, 0.3) is 0 Å². The van der Waals surface area contributed by atoms with Crippen molar-refractivity contribution in [1.29, 1.82) is 0 Å². The van der Waals surface area contributed by atoms with Gasteiger partial charge >= 0.3 is 5.97 Å². The summed E-state index contributed by atoms with van der Waals surface area (Å²) in [4.78, 5) is 12.1. The Morgan fingerprint density at radius 2 is 2.54 bits per heavy atom. The summed E-state index contributed by atoms with van der Waals surface area (Å²) in [6.07, 6.45) is 0.369. The topological polar surface area (TPSA) is 72.8 Å². The number of hydrogen-bond donors (Lipinski definition) is 3. The molecule has 1 fully saturated rings. The lowest BCUT2D eigenvalue weighted by Gasteiger charge is -2.24. The Bertz CT molecular complexity index is 208. The van der Waals surface area contributed by atoms with Gasteiger partial charge in [-0.05, 0) is 0 Å². The van der Waals surface area contributed by atoms with Gasteiger partial charge in [-0.25, -0.2) is 0 Å². The number of aliphatic carboxylic acids is 1. The van der Waals surface area contributed by atoms with Gasteiger partial charge in [0, 0.05) is 13.1 Å². The van der Waals surface area contributed by atoms with E-state index in [1.807, 2.05) is 0 Å². The van der Waals surface area contributed by atoms with Crippen molar-refractivity contribution in [1.82, 2.24) is 10.2 Å². The quantitative estimate of drug-likeness (QED) is 0.483. The normalized spacial score (nSPS) is 25.8. The van der Waals surface area contributed by atoms with Crippen LogP contribution in [0.4, 0.5) is 0 Å². The zero-order valence-electron chi connectivity index (χ0n) is 7.31. The van der Waals surface area contributed by atoms with Crippen molar-refractivity contribution in [2.45, 2.75) is 12.3 Å². The predicted molar refractivity (Wildman–Crippen MR) is 47.2 cm³/mol. The highest BCUT2D eigenvalue weighted by molar-refractivity contribution is 5.69. The molecule has 13 heavy (non-hydrogen) atoms. The minimum atomic E-state index is -0.884. The van der Waals surface area contributed by atoms with Crippen LogP contribution >= 0.6 is 0 Å². The Hall–Kier alpha value is -0.910. The molecule has 1 aliphatic heterocycles. The summed E-state index contributed by atoms with van der Waals surface area (Å²) in [5.74, 6) is -0.884. The van der Waals surface area contributed by atoms with Crippen LogP contribution < -0.4 is 5.32 Å². The SMILES string of the molecule is C=CC(O)C1NCCN1CC(=O)O. The zero-order chi connectivity index (χ0) is 9.84. The molecule has 0 bridgehead atoms. The van der Waals surface area contributed by atoms with E-state index in [-0.39, 0.29) is 12.7 Å². The third kappa shape index (κ3) is 2.51. The molecule has 5 heteroatoms. The lowest BCUT2D eigenvalue weighted by Crippen LogP contribution is -2.46. The average molecular weight is 186 g/mol. The first-order valence-electron chi connectivity index (χ1n) is 4.15. The standard InChI is InChI=1S/C8H14N2O3/c1-2-6(11)8-9-3-4-10(8)5-7(12)13/h2,6,8-9,11H,1,3-5H2,(H,12,13). The van der Waals surface area contributed by atoms with E-state index < -0.39 is 12.1 Å². The van der Waals surface area contributed by atoms with Crippen molar-refractivity contribution >= 4 is 5.97 Å². The molecule has 0 aromatic rings. The Kier molecular flexibility index (Phi) is 3.41. The number of rotatable bonds is 4. The number of hydrogen-bond acceptors (Lipinski definition) is 4. The Morgan fingerprint density at radius 3 is 3.08 bits per heavy atom. The summed E-state index contributed by atoms with van der Waals surface area (Å²) in [7, 11) is 0. The van der Waals surface area contributed by atoms with Gasteiger partial charge < -0.3 is 10.2 Å². The van der Waals surface area contributed by atoms with Crippen LogP contribution in [0.5, 0.6) is 0 Å². The highest BCUT2D eigenvalue weighted by Gasteiger charge is 2.29. The van der Waals surface area contributed by atoms with Crippen molar-refractivity contribution < 1.29 is 15.0 Å². The highest BCUT2D eigenvalue weighted by Crippen LogP contribution is 2.07. The highest BCUT2D eigenvalue weighted by atomic mass is 16.4. The van der Waals surface area contributed by atoms with Crippen LogP contribution in [0.3, 0.4) is 0 Å². The molecule has 1 aliphatic rings. The second kappa shape index (κ2) is 4.36. The van der Waals surface area contributed by atoms with Gasteiger partial charge in [-0.1, -0.05) is 6.08 Å². The smallest absolute Gasteiger partial charge is 0.317 e. The number of carbonyl (C=O) groups is 1. The second-order valence-electron chi connectivity index (χ2n) is 2.99. The van der Waals surface area contributed by atoms with Gasteiger partial charge in [0.15, 0.2) is 0 Å². The van der Waals surface area contributed by atoms with E-state index in [0.29, 0.717) is 13.1 Å². The monoisotopic (exact) mass is 186 g/mol. The van der Waals surface area contributed by atoms with Crippen LogP contribution in [-0.4, -0.2) is 53.0 Å². The van der Waals surface area contributed by atoms with E-state index in [2.05, 4.69) is 11.9 Å². The van der Waals surface area contributed by atoms with E-state index in [1.54, 1.807) is 4.90 Å². The van der Waals surface area contributed by atoms with Gasteiger partial charge in [-0.2, -0.15) is 0 Å². The van der Waals surface area contributed by atoms with E-state index >= 15 is 0 Å². The molecule has 0 aliphatic carbocycles. The molecule has 1 rings (SSSR count). The fourth-order valence-electron chi connectivity index (χ4n) is 1.44. The second-order valence-corrected chi connectivity index (χ2v) is 2.99. The number of aliphatic hydroxyl groups is 1. The fourth-order valence-corrected chi connectivity index (χ4v) is 1.44. The number of aliphatic hydroxyl groups excluding tert-OH is 1. The van der Waals surface area contributed by atoms with Crippen LogP contribution in [0.1, 0.15) is 0 Å². The lowest BCUT2D eigenvalue weighted by atomic mass is 10.2. The van der Waals surface area contributed by atoms with Crippen LogP contribution in [0, 0.1) is 0 Å². The molecule has 74 valence electrons. The minimum Gasteiger partial charge on any atom is -0.480 e. The Balaban J connectivity index is 2.52. The largest absolute Gasteiger partial charge is 0.480 e. The maximum Gasteiger partial charge on any atom is 0.317 e. The molecular formula is C8H14N2O3. The summed E-state index contributed by atoms with van der Waals surface area (Å²) in [5.41, 5.74) is 0. The summed E-state index contributed by atoms with van der Waals surface area (Å²) < 4.78 is 0. The third-order valence-corrected chi connectivity index (χ3v) is 2.05. The van der Waals surface area contributed by atoms with Gasteiger partial charge in [-0.15, -0.1) is 6.58 Å². The van der Waals surface area contributed by atoms with Gasteiger partial charge in [-0.3, -0.25) is 15.0 Å². The fraction of sp³-hybridized carbons (Fsp3) is 0.625. The molecular weight excluding hydrogens is 172 g/mol. The van der Waals surface area contributed by atoms with Crippen molar-refractivity contribution in [3.63, 3.8) is 0 Å². The summed E-state index contributed by atoms with van der Waals surface area (Å²) in [5, 5.41) is 21.0. The van der Waals surface area contributed by atoms with Gasteiger partial charge in [0.05, 0.1) is 12.7 Å². The molecule has 1 heterocycles. The minimum absolute atomic E-state index is 0.0530. The van der Waals surface area contributed by atoms with E-state index in [4.69, 9.17) is 5.11 Å². The molecule has 1 saturated heterocycles. The molecule has 0 amide bonds. The molecule has 0 aromatic heterocycles. The maximum absolute atomic E-state index is 10.4. The number of carboxylic acid groups (broad SMARTS) is 1. The van der Waals surface area contributed by atoms with Gasteiger partial charge in [0.2, 0.25) is 0 Å². The van der Waals surface area contributed by atoms with E-state index in [9.17, 15) is 9.90 Å². The molecule has 5 nitrogen and oxygen atoms in total. The predicted octanol–water partition coefficient (Wildman–Crippen LogP) is -1.15. The van der Waals surface area contributed by atoms with Crippen LogP contribution in [-0.2, 0) is 4.79 Å². The number of nitrogens with zero attached hydrogens (tertiary/aromatic N) is 1. The van der Waals surface area contributed by atoms with Gasteiger partial charge in [0.25, 0.3) is 0 Å². The molecule has 0 saturated carbocycles.